The van der Waals surface area contributed by atoms with Gasteiger partial charge < -0.3 is 9.47 Å². The second kappa shape index (κ2) is 5.63. The summed E-state index contributed by atoms with van der Waals surface area (Å²) in [5.74, 6) is 0. The minimum Gasteiger partial charge on any atom is -0.412 e. The number of carbonyl (C=O) groups is 1. The van der Waals surface area contributed by atoms with E-state index in [0.29, 0.717) is 32.9 Å². The van der Waals surface area contributed by atoms with E-state index in [1.165, 1.54) is 0 Å². The first kappa shape index (κ1) is 11.1. The Bertz CT molecular complexity index is 333. The molecule has 2 rings (SSSR count). The van der Waals surface area contributed by atoms with Crippen molar-refractivity contribution in [1.29, 1.82) is 0 Å². The van der Waals surface area contributed by atoms with E-state index >= 15 is 0 Å². The molecule has 1 aliphatic rings. The highest BCUT2D eigenvalue weighted by atomic mass is 16.6. The van der Waals surface area contributed by atoms with Gasteiger partial charge in [-0.2, -0.15) is 4.79 Å². The van der Waals surface area contributed by atoms with Gasteiger partial charge in [-0.05, 0) is 5.56 Å². The van der Waals surface area contributed by atoms with Gasteiger partial charge in [0.15, 0.2) is 13.1 Å². The van der Waals surface area contributed by atoms with Gasteiger partial charge in [-0.25, -0.2) is 0 Å². The van der Waals surface area contributed by atoms with Gasteiger partial charge >= 0.3 is 6.09 Å². The van der Waals surface area contributed by atoms with Gasteiger partial charge in [0.25, 0.3) is 0 Å². The van der Waals surface area contributed by atoms with Crippen LogP contribution in [0.3, 0.4) is 0 Å². The Morgan fingerprint density at radius 2 is 1.94 bits per heavy atom. The fraction of sp³-hybridized carbons (Fsp3) is 0.417. The minimum absolute atomic E-state index is 0.257. The number of ether oxygens (including phenoxy) is 2. The van der Waals surface area contributed by atoms with Gasteiger partial charge in [0.05, 0.1) is 0 Å². The lowest BCUT2D eigenvalue weighted by Gasteiger charge is -2.14. The second-order valence-corrected chi connectivity index (χ2v) is 3.64. The van der Waals surface area contributed by atoms with Crippen LogP contribution in [0, 0.1) is 0 Å². The predicted octanol–water partition coefficient (Wildman–Crippen LogP) is 1.49. The van der Waals surface area contributed by atoms with Crippen molar-refractivity contribution in [3.63, 3.8) is 0 Å². The first-order valence-electron chi connectivity index (χ1n) is 5.39. The summed E-state index contributed by atoms with van der Waals surface area (Å²) in [4.78, 5) is 13.3. The minimum atomic E-state index is -0.257. The lowest BCUT2D eigenvalue weighted by molar-refractivity contribution is 0.0575. The number of nitrogens with zero attached hydrogens (tertiary/aromatic N) is 1. The molecule has 4 nitrogen and oxygen atoms in total. The smallest absolute Gasteiger partial charge is 0.412 e. The van der Waals surface area contributed by atoms with Crippen molar-refractivity contribution in [2.24, 2.45) is 0 Å². The Kier molecular flexibility index (Phi) is 3.91. The molecule has 1 amide bonds. The van der Waals surface area contributed by atoms with Gasteiger partial charge in [-0.1, -0.05) is 35.2 Å². The van der Waals surface area contributed by atoms with Gasteiger partial charge in [-0.3, -0.25) is 0 Å². The zero-order valence-electron chi connectivity index (χ0n) is 9.09. The van der Waals surface area contributed by atoms with E-state index < -0.39 is 0 Å². The SMILES string of the molecule is O=C(OCc1ccccc1)[N+]1CCOCC1. The molecule has 0 aliphatic carbocycles. The average Bonchev–Trinajstić information content (AvgIpc) is 2.38. The number of morpholine rings is 1. The van der Waals surface area contributed by atoms with E-state index in [1.54, 1.807) is 4.90 Å². The Morgan fingerprint density at radius 3 is 2.62 bits per heavy atom. The van der Waals surface area contributed by atoms with Crippen LogP contribution in [-0.4, -0.2) is 32.4 Å². The largest absolute Gasteiger partial charge is 0.566 e. The summed E-state index contributed by atoms with van der Waals surface area (Å²) in [6.07, 6.45) is -0.257. The molecule has 16 heavy (non-hydrogen) atoms. The highest BCUT2D eigenvalue weighted by molar-refractivity contribution is 5.70. The molecular weight excluding hydrogens is 206 g/mol. The molecule has 0 unspecified atom stereocenters. The van der Waals surface area contributed by atoms with Crippen LogP contribution in [0.15, 0.2) is 30.3 Å². The van der Waals surface area contributed by atoms with Crippen molar-refractivity contribution in [2.45, 2.75) is 6.61 Å². The molecule has 0 atom stereocenters. The molecule has 1 radical (unpaired) electrons. The Balaban J connectivity index is 1.79. The van der Waals surface area contributed by atoms with E-state index in [-0.39, 0.29) is 6.09 Å². The molecule has 4 heteroatoms. The summed E-state index contributed by atoms with van der Waals surface area (Å²) in [7, 11) is 0. The van der Waals surface area contributed by atoms with Crippen LogP contribution in [-0.2, 0) is 16.1 Å². The topological polar surface area (TPSA) is 41.4 Å². The Morgan fingerprint density at radius 1 is 1.25 bits per heavy atom. The van der Waals surface area contributed by atoms with Crippen LogP contribution in [0.2, 0.25) is 0 Å². The van der Waals surface area contributed by atoms with E-state index in [9.17, 15) is 4.79 Å². The summed E-state index contributed by atoms with van der Waals surface area (Å²) in [6.45, 7) is 2.76. The van der Waals surface area contributed by atoms with Crippen LogP contribution in [0.4, 0.5) is 4.79 Å². The fourth-order valence-corrected chi connectivity index (χ4v) is 1.56. The number of amides is 1. The van der Waals surface area contributed by atoms with Crippen molar-refractivity contribution in [2.75, 3.05) is 26.3 Å². The number of rotatable bonds is 2. The lowest BCUT2D eigenvalue weighted by atomic mass is 10.2. The summed E-state index contributed by atoms with van der Waals surface area (Å²) >= 11 is 0. The highest BCUT2D eigenvalue weighted by Crippen LogP contribution is 2.03. The number of benzene rings is 1. The Hall–Kier alpha value is -1.39. The Labute approximate surface area is 94.8 Å². The van der Waals surface area contributed by atoms with E-state index in [0.717, 1.165) is 5.56 Å². The van der Waals surface area contributed by atoms with Crippen LogP contribution in [0.5, 0.6) is 0 Å². The molecular formula is C12H15NO3+. The van der Waals surface area contributed by atoms with Crippen molar-refractivity contribution >= 4 is 6.09 Å². The quantitative estimate of drug-likeness (QED) is 0.710. The first-order chi connectivity index (χ1) is 7.86. The molecule has 1 heterocycles. The molecule has 0 aromatic heterocycles. The van der Waals surface area contributed by atoms with Gasteiger partial charge in [-0.15, -0.1) is 0 Å². The maximum Gasteiger partial charge on any atom is 0.566 e. The third kappa shape index (κ3) is 3.05. The fourth-order valence-electron chi connectivity index (χ4n) is 1.56. The molecule has 1 aromatic rings. The van der Waals surface area contributed by atoms with Crippen molar-refractivity contribution in [3.8, 4) is 0 Å². The second-order valence-electron chi connectivity index (χ2n) is 3.64. The third-order valence-electron chi connectivity index (χ3n) is 2.47. The first-order valence-corrected chi connectivity index (χ1v) is 5.39. The van der Waals surface area contributed by atoms with Crippen LogP contribution < -0.4 is 4.90 Å². The maximum absolute atomic E-state index is 11.6. The average molecular weight is 221 g/mol. The van der Waals surface area contributed by atoms with Gasteiger partial charge in [0.1, 0.15) is 19.8 Å². The summed E-state index contributed by atoms with van der Waals surface area (Å²) < 4.78 is 10.4. The van der Waals surface area contributed by atoms with Crippen LogP contribution in [0.25, 0.3) is 0 Å². The third-order valence-corrected chi connectivity index (χ3v) is 2.47. The zero-order chi connectivity index (χ0) is 11.2. The molecule has 0 N–H and O–H groups in total. The molecule has 1 saturated heterocycles. The molecule has 0 saturated carbocycles. The lowest BCUT2D eigenvalue weighted by Crippen LogP contribution is -2.45. The van der Waals surface area contributed by atoms with E-state index in [4.69, 9.17) is 9.47 Å². The summed E-state index contributed by atoms with van der Waals surface area (Å²) in [5.41, 5.74) is 1.00. The van der Waals surface area contributed by atoms with E-state index in [2.05, 4.69) is 0 Å². The van der Waals surface area contributed by atoms with Gasteiger partial charge in [0, 0.05) is 0 Å². The number of hydrogen-bond acceptors (Lipinski definition) is 3. The summed E-state index contributed by atoms with van der Waals surface area (Å²) in [6, 6.07) is 9.67. The van der Waals surface area contributed by atoms with Crippen LogP contribution >= 0.6 is 0 Å². The number of carbonyl (C=O) groups excluding carboxylic acids is 1. The van der Waals surface area contributed by atoms with Crippen LogP contribution in [0.1, 0.15) is 5.56 Å². The molecule has 85 valence electrons. The van der Waals surface area contributed by atoms with Gasteiger partial charge in [0.2, 0.25) is 0 Å². The number of hydrogen-bond donors (Lipinski definition) is 0. The normalized spacial score (nSPS) is 17.0. The molecule has 1 fully saturated rings. The zero-order valence-corrected chi connectivity index (χ0v) is 9.09. The predicted molar refractivity (Wildman–Crippen MR) is 59.3 cm³/mol. The standard InChI is InChI=1S/C12H15NO3/c14-12(13-6-8-15-9-7-13)16-10-11-4-2-1-3-5-11/h1-5H,6-10H2/q+1. The monoisotopic (exact) mass is 221 g/mol. The summed E-state index contributed by atoms with van der Waals surface area (Å²) in [5, 5.41) is 0. The molecule has 0 spiro atoms. The van der Waals surface area contributed by atoms with Crippen molar-refractivity contribution in [1.82, 2.24) is 4.90 Å². The van der Waals surface area contributed by atoms with E-state index in [1.807, 2.05) is 30.3 Å². The van der Waals surface area contributed by atoms with Crippen molar-refractivity contribution < 1.29 is 14.3 Å². The molecule has 1 aromatic carbocycles. The molecule has 1 aliphatic heterocycles. The van der Waals surface area contributed by atoms with Crippen molar-refractivity contribution in [3.05, 3.63) is 35.9 Å². The molecule has 0 bridgehead atoms. The highest BCUT2D eigenvalue weighted by Gasteiger charge is 2.30. The maximum atomic E-state index is 11.6.